The van der Waals surface area contributed by atoms with Gasteiger partial charge < -0.3 is 41.0 Å². The van der Waals surface area contributed by atoms with Crippen LogP contribution in [0.4, 0.5) is 5.13 Å². The topological polar surface area (TPSA) is 211 Å². The number of phenolic OH excluding ortho intramolecular Hbond substituents is 2. The molecule has 1 aromatic carbocycles. The second-order valence-electron chi connectivity index (χ2n) is 10.3. The number of β-lactam (4-membered cyclic amide) rings is 1. The summed E-state index contributed by atoms with van der Waals surface area (Å²) in [5.74, 6) is -3.41. The molecule has 2 fully saturated rings. The number of aliphatic carboxylic acids is 1. The summed E-state index contributed by atoms with van der Waals surface area (Å²) in [6, 6.07) is 1.60. The summed E-state index contributed by atoms with van der Waals surface area (Å²) >= 11 is 8.34. The number of quaternary nitrogens is 1. The number of phenols is 2. The van der Waals surface area contributed by atoms with Crippen molar-refractivity contribution in [1.29, 1.82) is 0 Å². The number of carboxylic acid groups (broad SMARTS) is 1. The van der Waals surface area contributed by atoms with Crippen LogP contribution in [0.2, 0.25) is 5.02 Å². The number of nitrogen functional groups attached to an aromatic ring is 1. The molecule has 2 atom stereocenters. The van der Waals surface area contributed by atoms with Crippen molar-refractivity contribution >= 4 is 63.7 Å². The molecule has 0 bridgehead atoms. The second-order valence-corrected chi connectivity index (χ2v) is 12.6. The summed E-state index contributed by atoms with van der Waals surface area (Å²) < 4.78 is 4.48. The van der Waals surface area contributed by atoms with Gasteiger partial charge in [0.05, 0.1) is 54.9 Å². The number of fused-ring (bicyclic) bond motifs is 1. The first-order valence-electron chi connectivity index (χ1n) is 13.1. The van der Waals surface area contributed by atoms with Crippen molar-refractivity contribution in [2.75, 3.05) is 44.2 Å². The number of anilines is 1. The highest BCUT2D eigenvalue weighted by atomic mass is 35.5. The molecule has 0 radical (unpaired) electrons. The van der Waals surface area contributed by atoms with Gasteiger partial charge >= 0.3 is 0 Å². The molecular weight excluding hydrogens is 610 g/mol. The number of amides is 3. The van der Waals surface area contributed by atoms with Crippen molar-refractivity contribution in [3.63, 3.8) is 0 Å². The average Bonchev–Trinajstić information content (AvgIpc) is 3.58. The van der Waals surface area contributed by atoms with Gasteiger partial charge in [-0.2, -0.15) is 4.37 Å². The van der Waals surface area contributed by atoms with E-state index in [9.17, 15) is 34.5 Å². The van der Waals surface area contributed by atoms with Crippen molar-refractivity contribution < 1.29 is 39.0 Å². The maximum Gasteiger partial charge on any atom is 0.253 e. The van der Waals surface area contributed by atoms with Crippen LogP contribution in [0.25, 0.3) is 0 Å². The number of nitrogens with two attached hydrogens (primary N) is 1. The van der Waals surface area contributed by atoms with Gasteiger partial charge in [0.1, 0.15) is 18.0 Å². The van der Waals surface area contributed by atoms with Gasteiger partial charge in [-0.3, -0.25) is 19.3 Å². The molecule has 1 aromatic heterocycles. The van der Waals surface area contributed by atoms with Crippen LogP contribution in [-0.2, 0) is 20.8 Å². The Bertz CT molecular complexity index is 1480. The summed E-state index contributed by atoms with van der Waals surface area (Å²) in [7, 11) is 0. The van der Waals surface area contributed by atoms with Gasteiger partial charge in [0.25, 0.3) is 11.8 Å². The molecule has 4 heterocycles. The molecule has 3 aliphatic heterocycles. The monoisotopic (exact) mass is 637 g/mol. The van der Waals surface area contributed by atoms with Crippen molar-refractivity contribution in [3.8, 4) is 11.5 Å². The number of carbonyl (C=O) groups excluding carboxylic acids is 4. The van der Waals surface area contributed by atoms with E-state index in [1.54, 1.807) is 0 Å². The minimum atomic E-state index is -1.46. The number of halogens is 1. The third kappa shape index (κ3) is 5.84. The first-order valence-corrected chi connectivity index (χ1v) is 15.3. The van der Waals surface area contributed by atoms with E-state index in [2.05, 4.69) is 20.0 Å². The Hall–Kier alpha value is -3.60. The molecule has 6 N–H and O–H groups in total. The summed E-state index contributed by atoms with van der Waals surface area (Å²) in [5.41, 5.74) is 5.97. The van der Waals surface area contributed by atoms with Crippen LogP contribution in [0, 0.1) is 0 Å². The lowest BCUT2D eigenvalue weighted by Crippen LogP contribution is -2.71. The van der Waals surface area contributed by atoms with Gasteiger partial charge in [-0.1, -0.05) is 11.6 Å². The maximum atomic E-state index is 13.0. The minimum Gasteiger partial charge on any atom is -0.543 e. The lowest BCUT2D eigenvalue weighted by Gasteiger charge is -2.51. The van der Waals surface area contributed by atoms with E-state index in [4.69, 9.17) is 17.3 Å². The first kappa shape index (κ1) is 29.9. The zero-order valence-electron chi connectivity index (χ0n) is 22.2. The number of hydrogen-bond donors (Lipinski definition) is 5. The number of hydrogen-bond acceptors (Lipinski definition) is 12. The zero-order chi connectivity index (χ0) is 30.2. The normalized spacial score (nSPS) is 21.1. The SMILES string of the molecule is Nc1nc(CC(=O)N[C@@H]2C(=O)N3C(C(=O)[O-])=C(C[N+]4(CCNC(=O)c5ccc(O)c(O)c5Cl)CCCC4)CS[C@H]23)ns1. The highest BCUT2D eigenvalue weighted by Gasteiger charge is 2.53. The molecule has 2 aromatic rings. The predicted octanol–water partition coefficient (Wildman–Crippen LogP) is -0.828. The molecule has 17 heteroatoms. The number of nitrogens with zero attached hydrogens (tertiary/aromatic N) is 4. The quantitative estimate of drug-likeness (QED) is 0.123. The summed E-state index contributed by atoms with van der Waals surface area (Å²) in [5, 5.41) is 36.5. The van der Waals surface area contributed by atoms with Crippen LogP contribution in [0.5, 0.6) is 11.5 Å². The fraction of sp³-hybridized carbons (Fsp3) is 0.440. The van der Waals surface area contributed by atoms with Crippen LogP contribution in [0.15, 0.2) is 23.4 Å². The van der Waals surface area contributed by atoms with Gasteiger partial charge in [0.15, 0.2) is 22.5 Å². The fourth-order valence-corrected chi connectivity index (χ4v) is 7.64. The van der Waals surface area contributed by atoms with Crippen LogP contribution < -0.4 is 21.5 Å². The van der Waals surface area contributed by atoms with E-state index < -0.39 is 46.6 Å². The van der Waals surface area contributed by atoms with Gasteiger partial charge in [0, 0.05) is 35.7 Å². The van der Waals surface area contributed by atoms with E-state index in [1.165, 1.54) is 28.8 Å². The number of benzene rings is 1. The van der Waals surface area contributed by atoms with Crippen LogP contribution in [-0.4, -0.2) is 103 Å². The summed E-state index contributed by atoms with van der Waals surface area (Å²) in [4.78, 5) is 55.6. The van der Waals surface area contributed by atoms with Crippen molar-refractivity contribution in [1.82, 2.24) is 24.9 Å². The van der Waals surface area contributed by atoms with E-state index in [0.717, 1.165) is 37.5 Å². The molecule has 2 saturated heterocycles. The van der Waals surface area contributed by atoms with Crippen LogP contribution in [0.1, 0.15) is 29.0 Å². The molecule has 3 aliphatic rings. The van der Waals surface area contributed by atoms with Gasteiger partial charge in [-0.05, 0) is 12.1 Å². The molecule has 0 aliphatic carbocycles. The number of aromatic hydroxyl groups is 2. The van der Waals surface area contributed by atoms with Gasteiger partial charge in [0.2, 0.25) is 5.91 Å². The molecule has 224 valence electrons. The average molecular weight is 638 g/mol. The zero-order valence-corrected chi connectivity index (χ0v) is 24.6. The highest BCUT2D eigenvalue weighted by Crippen LogP contribution is 2.41. The van der Waals surface area contributed by atoms with Gasteiger partial charge in [-0.25, -0.2) is 4.98 Å². The maximum absolute atomic E-state index is 13.0. The molecular formula is C25H28ClN7O7S2. The largest absolute Gasteiger partial charge is 0.543 e. The Balaban J connectivity index is 1.25. The predicted molar refractivity (Wildman–Crippen MR) is 151 cm³/mol. The number of carbonyl (C=O) groups is 4. The Morgan fingerprint density at radius 3 is 2.64 bits per heavy atom. The first-order chi connectivity index (χ1) is 20.0. The van der Waals surface area contributed by atoms with Crippen molar-refractivity contribution in [2.45, 2.75) is 30.7 Å². The third-order valence-electron chi connectivity index (χ3n) is 7.61. The number of aromatic nitrogens is 2. The van der Waals surface area contributed by atoms with E-state index in [-0.39, 0.29) is 40.2 Å². The Kier molecular flexibility index (Phi) is 8.50. The fourth-order valence-electron chi connectivity index (χ4n) is 5.60. The van der Waals surface area contributed by atoms with Crippen LogP contribution >= 0.6 is 34.9 Å². The van der Waals surface area contributed by atoms with Crippen molar-refractivity contribution in [2.24, 2.45) is 0 Å². The number of nitrogens with one attached hydrogen (secondary N) is 2. The minimum absolute atomic E-state index is 0.0153. The number of thioether (sulfide) groups is 1. The molecule has 5 rings (SSSR count). The molecule has 42 heavy (non-hydrogen) atoms. The summed E-state index contributed by atoms with van der Waals surface area (Å²) in [6.07, 6.45) is 1.69. The molecule has 3 amide bonds. The Morgan fingerprint density at radius 1 is 1.24 bits per heavy atom. The van der Waals surface area contributed by atoms with E-state index >= 15 is 0 Å². The summed E-state index contributed by atoms with van der Waals surface area (Å²) in [6.45, 7) is 2.62. The van der Waals surface area contributed by atoms with E-state index in [0.29, 0.717) is 28.9 Å². The van der Waals surface area contributed by atoms with Gasteiger partial charge in [-0.15, -0.1) is 11.8 Å². The number of carboxylic acids is 1. The second kappa shape index (κ2) is 11.9. The highest BCUT2D eigenvalue weighted by molar-refractivity contribution is 8.00. The van der Waals surface area contributed by atoms with Crippen molar-refractivity contribution in [3.05, 3.63) is 39.8 Å². The van der Waals surface area contributed by atoms with E-state index in [1.807, 2.05) is 0 Å². The molecule has 0 spiro atoms. The lowest BCUT2D eigenvalue weighted by atomic mass is 10.0. The Labute approximate surface area is 253 Å². The Morgan fingerprint density at radius 2 is 1.98 bits per heavy atom. The molecule has 0 unspecified atom stereocenters. The van der Waals surface area contributed by atoms with Crippen LogP contribution in [0.3, 0.4) is 0 Å². The number of likely N-dealkylation sites (tertiary alicyclic amines) is 1. The number of rotatable bonds is 10. The molecule has 14 nitrogen and oxygen atoms in total. The smallest absolute Gasteiger partial charge is 0.253 e. The standard InChI is InChI=1S/C25H28ClN7O7S2/c26-17-13(3-4-14(34)20(17)36)21(37)28-5-8-33(6-1-2-7-33)10-12-11-41-23-18(22(38)32(23)19(12)24(39)40)30-16(35)9-15-29-25(27)42-31-15/h3-4,18,23H,1-2,5-11H2,(H6-,27,28,29,30,31,34,35,36,37,39,40)/t18-,23-/m1/s1. The lowest BCUT2D eigenvalue weighted by molar-refractivity contribution is -0.911. The third-order valence-corrected chi connectivity index (χ3v) is 9.91. The molecule has 0 saturated carbocycles.